The van der Waals surface area contributed by atoms with Crippen LogP contribution >= 0.6 is 11.3 Å². The Morgan fingerprint density at radius 1 is 1.03 bits per heavy atom. The Bertz CT molecular complexity index is 1200. The van der Waals surface area contributed by atoms with Gasteiger partial charge >= 0.3 is 6.36 Å². The molecule has 0 aliphatic carbocycles. The van der Waals surface area contributed by atoms with E-state index in [4.69, 9.17) is 0 Å². The van der Waals surface area contributed by atoms with Gasteiger partial charge in [0.25, 0.3) is 11.5 Å². The van der Waals surface area contributed by atoms with E-state index in [-0.39, 0.29) is 29.1 Å². The molecule has 0 saturated carbocycles. The first kappa shape index (κ1) is 20.8. The van der Waals surface area contributed by atoms with E-state index in [1.165, 1.54) is 35.6 Å². The molecular weight excluding hydrogens is 441 g/mol. The van der Waals surface area contributed by atoms with Crippen LogP contribution in [0.15, 0.2) is 58.7 Å². The molecule has 1 aromatic carbocycles. The highest BCUT2D eigenvalue weighted by Gasteiger charge is 2.37. The summed E-state index contributed by atoms with van der Waals surface area (Å²) < 4.78 is 42.8. The quantitative estimate of drug-likeness (QED) is 0.568. The fraction of sp³-hybridized carbons (Fsp3) is 0.304. The molecule has 166 valence electrons. The summed E-state index contributed by atoms with van der Waals surface area (Å²) >= 11 is 1.43. The number of ether oxygens (including phenoxy) is 1. The maximum atomic E-state index is 13.2. The third kappa shape index (κ3) is 3.92. The van der Waals surface area contributed by atoms with Crippen molar-refractivity contribution in [2.45, 2.75) is 25.2 Å². The molecule has 9 heteroatoms. The van der Waals surface area contributed by atoms with Gasteiger partial charge in [-0.25, -0.2) is 0 Å². The highest BCUT2D eigenvalue weighted by Crippen LogP contribution is 2.36. The van der Waals surface area contributed by atoms with Crippen LogP contribution in [0.2, 0.25) is 0 Å². The van der Waals surface area contributed by atoms with Crippen LogP contribution in [-0.4, -0.2) is 34.8 Å². The maximum absolute atomic E-state index is 13.2. The number of alkyl halides is 3. The topological polar surface area (TPSA) is 51.5 Å². The van der Waals surface area contributed by atoms with Crippen LogP contribution in [0.3, 0.4) is 0 Å². The standard InChI is InChI=1S/C23H19F3N2O3S/c24-23(25,26)31-17-5-3-15(4-6-17)18-7-8-19-16-10-14(12-28(19)21(18)29)11-27(13-16)22(30)20-2-1-9-32-20/h1-9,14,16H,10-13H2/t14-,16+/m0/s1. The monoisotopic (exact) mass is 460 g/mol. The maximum Gasteiger partial charge on any atom is 0.573 e. The number of fused-ring (bicyclic) bond motifs is 4. The summed E-state index contributed by atoms with van der Waals surface area (Å²) in [5.74, 6) is -0.0379. The SMILES string of the molecule is O=C(c1cccs1)N1C[C@@H]2C[C@H](C1)c1ccc(-c3ccc(OC(F)(F)F)cc3)c(=O)n1C2. The Hall–Kier alpha value is -3.07. The first-order valence-corrected chi connectivity index (χ1v) is 11.1. The molecule has 0 radical (unpaired) electrons. The van der Waals surface area contributed by atoms with E-state index in [0.29, 0.717) is 30.8 Å². The Balaban J connectivity index is 1.41. The van der Waals surface area contributed by atoms with Gasteiger partial charge in [0.15, 0.2) is 0 Å². The van der Waals surface area contributed by atoms with Gasteiger partial charge in [0.2, 0.25) is 0 Å². The summed E-state index contributed by atoms with van der Waals surface area (Å²) in [5.41, 5.74) is 1.69. The molecule has 3 aromatic rings. The number of rotatable bonds is 3. The number of likely N-dealkylation sites (tertiary alicyclic amines) is 1. The summed E-state index contributed by atoms with van der Waals surface area (Å²) in [6.45, 7) is 1.68. The van der Waals surface area contributed by atoms with Crippen molar-refractivity contribution in [3.63, 3.8) is 0 Å². The largest absolute Gasteiger partial charge is 0.573 e. The Labute approximate surface area is 185 Å². The van der Waals surface area contributed by atoms with Gasteiger partial charge in [-0.15, -0.1) is 24.5 Å². The molecule has 2 atom stereocenters. The lowest BCUT2D eigenvalue weighted by Crippen LogP contribution is -2.49. The Morgan fingerprint density at radius 3 is 2.50 bits per heavy atom. The number of hydrogen-bond acceptors (Lipinski definition) is 4. The zero-order chi connectivity index (χ0) is 22.5. The van der Waals surface area contributed by atoms with Crippen molar-refractivity contribution in [1.29, 1.82) is 0 Å². The van der Waals surface area contributed by atoms with Crippen LogP contribution < -0.4 is 10.3 Å². The van der Waals surface area contributed by atoms with Gasteiger partial charge in [0.1, 0.15) is 5.75 Å². The number of piperidine rings is 1. The van der Waals surface area contributed by atoms with Crippen LogP contribution in [0.25, 0.3) is 11.1 Å². The summed E-state index contributed by atoms with van der Waals surface area (Å²) in [5, 5.41) is 1.89. The lowest BCUT2D eigenvalue weighted by atomic mass is 9.82. The number of thiophene rings is 1. The zero-order valence-corrected chi connectivity index (χ0v) is 17.7. The fourth-order valence-electron chi connectivity index (χ4n) is 4.72. The molecule has 5 nitrogen and oxygen atoms in total. The first-order chi connectivity index (χ1) is 15.3. The number of aromatic nitrogens is 1. The number of halogens is 3. The van der Waals surface area contributed by atoms with Crippen molar-refractivity contribution in [2.75, 3.05) is 13.1 Å². The number of amides is 1. The van der Waals surface area contributed by atoms with Gasteiger partial charge in [-0.05, 0) is 53.6 Å². The second-order valence-electron chi connectivity index (χ2n) is 8.15. The Kier molecular flexibility index (Phi) is 5.08. The Morgan fingerprint density at radius 2 is 1.81 bits per heavy atom. The number of pyridine rings is 1. The smallest absolute Gasteiger partial charge is 0.406 e. The minimum atomic E-state index is -4.76. The molecule has 1 amide bonds. The third-order valence-corrected chi connectivity index (χ3v) is 6.88. The highest BCUT2D eigenvalue weighted by molar-refractivity contribution is 7.12. The normalized spacial score (nSPS) is 20.0. The molecule has 2 bridgehead atoms. The average molecular weight is 460 g/mol. The number of hydrogen-bond donors (Lipinski definition) is 0. The molecule has 2 aromatic heterocycles. The van der Waals surface area contributed by atoms with Crippen LogP contribution in [0.1, 0.15) is 27.7 Å². The lowest BCUT2D eigenvalue weighted by molar-refractivity contribution is -0.274. The molecule has 0 unspecified atom stereocenters. The molecule has 1 saturated heterocycles. The predicted molar refractivity (Wildman–Crippen MR) is 114 cm³/mol. The van der Waals surface area contributed by atoms with Crippen molar-refractivity contribution in [3.05, 3.63) is 74.8 Å². The molecular formula is C23H19F3N2O3S. The number of carbonyl (C=O) groups excluding carboxylic acids is 1. The van der Waals surface area contributed by atoms with E-state index in [2.05, 4.69) is 4.74 Å². The number of nitrogens with zero attached hydrogens (tertiary/aromatic N) is 2. The summed E-state index contributed by atoms with van der Waals surface area (Å²) in [6.07, 6.45) is -3.83. The molecule has 1 fully saturated rings. The van der Waals surface area contributed by atoms with Gasteiger partial charge < -0.3 is 14.2 Å². The van der Waals surface area contributed by atoms with E-state index in [1.807, 2.05) is 28.5 Å². The van der Waals surface area contributed by atoms with Crippen molar-refractivity contribution in [2.24, 2.45) is 5.92 Å². The first-order valence-electron chi connectivity index (χ1n) is 10.2. The van der Waals surface area contributed by atoms with Gasteiger partial charge in [-0.1, -0.05) is 18.2 Å². The molecule has 32 heavy (non-hydrogen) atoms. The number of carbonyl (C=O) groups is 1. The number of benzene rings is 1. The van der Waals surface area contributed by atoms with Gasteiger partial charge in [0, 0.05) is 36.8 Å². The summed E-state index contributed by atoms with van der Waals surface area (Å²) in [6, 6.07) is 12.6. The highest BCUT2D eigenvalue weighted by atomic mass is 32.1. The molecule has 0 N–H and O–H groups in total. The van der Waals surface area contributed by atoms with Crippen LogP contribution in [0, 0.1) is 5.92 Å². The van der Waals surface area contributed by atoms with Crippen molar-refractivity contribution < 1.29 is 22.7 Å². The second-order valence-corrected chi connectivity index (χ2v) is 9.09. The van der Waals surface area contributed by atoms with E-state index in [0.717, 1.165) is 17.0 Å². The average Bonchev–Trinajstić information content (AvgIpc) is 3.28. The second kappa shape index (κ2) is 7.81. The van der Waals surface area contributed by atoms with Crippen molar-refractivity contribution >= 4 is 17.2 Å². The van der Waals surface area contributed by atoms with Crippen LogP contribution in [0.4, 0.5) is 13.2 Å². The molecule has 0 spiro atoms. The van der Waals surface area contributed by atoms with E-state index >= 15 is 0 Å². The lowest BCUT2D eigenvalue weighted by Gasteiger charge is -2.42. The fourth-order valence-corrected chi connectivity index (χ4v) is 5.41. The van der Waals surface area contributed by atoms with Crippen molar-refractivity contribution in [3.8, 4) is 16.9 Å². The molecule has 4 heterocycles. The van der Waals surface area contributed by atoms with E-state index < -0.39 is 6.36 Å². The van der Waals surface area contributed by atoms with Crippen molar-refractivity contribution in [1.82, 2.24) is 9.47 Å². The van der Waals surface area contributed by atoms with Gasteiger partial charge in [-0.2, -0.15) is 0 Å². The van der Waals surface area contributed by atoms with Crippen LogP contribution in [-0.2, 0) is 6.54 Å². The summed E-state index contributed by atoms with van der Waals surface area (Å²) in [7, 11) is 0. The predicted octanol–water partition coefficient (Wildman–Crippen LogP) is 4.73. The summed E-state index contributed by atoms with van der Waals surface area (Å²) in [4.78, 5) is 28.6. The van der Waals surface area contributed by atoms with Crippen LogP contribution in [0.5, 0.6) is 5.75 Å². The zero-order valence-electron chi connectivity index (χ0n) is 16.8. The minimum absolute atomic E-state index is 0.0308. The van der Waals surface area contributed by atoms with Gasteiger partial charge in [0.05, 0.1) is 4.88 Å². The third-order valence-electron chi connectivity index (χ3n) is 6.02. The van der Waals surface area contributed by atoms with E-state index in [1.54, 1.807) is 10.6 Å². The van der Waals surface area contributed by atoms with Gasteiger partial charge in [-0.3, -0.25) is 9.59 Å². The van der Waals surface area contributed by atoms with E-state index in [9.17, 15) is 22.8 Å². The minimum Gasteiger partial charge on any atom is -0.406 e. The molecule has 5 rings (SSSR count). The molecule has 2 aliphatic heterocycles. The molecule has 2 aliphatic rings.